The van der Waals surface area contributed by atoms with Gasteiger partial charge < -0.3 is 10.1 Å². The monoisotopic (exact) mass is 302 g/mol. The van der Waals surface area contributed by atoms with Crippen molar-refractivity contribution >= 4 is 11.6 Å². The van der Waals surface area contributed by atoms with Crippen molar-refractivity contribution in [2.45, 2.75) is 39.0 Å². The summed E-state index contributed by atoms with van der Waals surface area (Å²) in [5, 5.41) is 4.20. The fraction of sp³-hybridized carbons (Fsp3) is 0.353. The van der Waals surface area contributed by atoms with Gasteiger partial charge in [-0.3, -0.25) is 4.98 Å². The van der Waals surface area contributed by atoms with E-state index in [1.165, 1.54) is 12.8 Å². The summed E-state index contributed by atoms with van der Waals surface area (Å²) in [6.45, 7) is 3.29. The summed E-state index contributed by atoms with van der Waals surface area (Å²) in [7, 11) is 0. The predicted molar refractivity (Wildman–Crippen MR) is 84.6 cm³/mol. The highest BCUT2D eigenvalue weighted by Gasteiger charge is 2.20. The van der Waals surface area contributed by atoms with Gasteiger partial charge in [0.25, 0.3) is 0 Å². The Morgan fingerprint density at radius 2 is 2.05 bits per heavy atom. The van der Waals surface area contributed by atoms with Crippen molar-refractivity contribution in [3.63, 3.8) is 0 Å². The molecule has 0 saturated heterocycles. The molecule has 0 atom stereocenters. The molecule has 0 unspecified atom stereocenters. The van der Waals surface area contributed by atoms with Crippen LogP contribution in [0.15, 0.2) is 36.4 Å². The Morgan fingerprint density at radius 3 is 2.81 bits per heavy atom. The smallest absolute Gasteiger partial charge is 0.130 e. The first kappa shape index (κ1) is 14.4. The average molecular weight is 303 g/mol. The van der Waals surface area contributed by atoms with Crippen LogP contribution < -0.4 is 10.1 Å². The maximum atomic E-state index is 5.95. The van der Waals surface area contributed by atoms with E-state index in [1.54, 1.807) is 0 Å². The zero-order valence-corrected chi connectivity index (χ0v) is 12.9. The van der Waals surface area contributed by atoms with Crippen molar-refractivity contribution in [1.82, 2.24) is 10.3 Å². The molecule has 1 aliphatic carbocycles. The second kappa shape index (κ2) is 6.46. The van der Waals surface area contributed by atoms with Crippen LogP contribution in [0.3, 0.4) is 0 Å². The van der Waals surface area contributed by atoms with Gasteiger partial charge in [0.15, 0.2) is 0 Å². The molecule has 1 aliphatic rings. The van der Waals surface area contributed by atoms with Crippen molar-refractivity contribution in [3.05, 3.63) is 58.4 Å². The van der Waals surface area contributed by atoms with Gasteiger partial charge >= 0.3 is 0 Å². The van der Waals surface area contributed by atoms with Crippen molar-refractivity contribution in [2.24, 2.45) is 0 Å². The highest BCUT2D eigenvalue weighted by Crippen LogP contribution is 2.22. The molecule has 1 N–H and O–H groups in total. The van der Waals surface area contributed by atoms with Crippen LogP contribution in [0.4, 0.5) is 0 Å². The summed E-state index contributed by atoms with van der Waals surface area (Å²) in [5.41, 5.74) is 3.05. The molecule has 4 heteroatoms. The molecule has 1 saturated carbocycles. The van der Waals surface area contributed by atoms with E-state index < -0.39 is 0 Å². The lowest BCUT2D eigenvalue weighted by Crippen LogP contribution is -2.16. The van der Waals surface area contributed by atoms with Gasteiger partial charge in [0, 0.05) is 17.6 Å². The van der Waals surface area contributed by atoms with Crippen molar-refractivity contribution < 1.29 is 4.74 Å². The number of hydrogen-bond acceptors (Lipinski definition) is 3. The predicted octanol–water partition coefficient (Wildman–Crippen LogP) is 3.87. The molecule has 3 rings (SSSR count). The van der Waals surface area contributed by atoms with Gasteiger partial charge in [-0.25, -0.2) is 0 Å². The van der Waals surface area contributed by atoms with Crippen LogP contribution >= 0.6 is 11.6 Å². The molecule has 0 aliphatic heterocycles. The molecule has 1 fully saturated rings. The lowest BCUT2D eigenvalue weighted by molar-refractivity contribution is 0.299. The molecule has 2 aromatic rings. The lowest BCUT2D eigenvalue weighted by Gasteiger charge is -2.10. The number of benzene rings is 1. The maximum absolute atomic E-state index is 5.95. The van der Waals surface area contributed by atoms with Crippen LogP contribution in [-0.4, -0.2) is 11.0 Å². The minimum absolute atomic E-state index is 0.472. The summed E-state index contributed by atoms with van der Waals surface area (Å²) >= 11 is 5.95. The summed E-state index contributed by atoms with van der Waals surface area (Å²) < 4.78 is 5.83. The van der Waals surface area contributed by atoms with E-state index in [4.69, 9.17) is 16.3 Å². The standard InChI is InChI=1S/C17H19ClN2O/c1-12-9-13(18)5-8-17(12)21-11-16-4-2-3-15(20-16)10-19-14-6-7-14/h2-5,8-9,14,19H,6-7,10-11H2,1H3. The van der Waals surface area contributed by atoms with Crippen LogP contribution in [0.2, 0.25) is 5.02 Å². The third-order valence-electron chi connectivity index (χ3n) is 3.53. The number of pyridine rings is 1. The highest BCUT2D eigenvalue weighted by atomic mass is 35.5. The molecule has 1 aromatic heterocycles. The van der Waals surface area contributed by atoms with Gasteiger partial charge in [0.2, 0.25) is 0 Å². The quantitative estimate of drug-likeness (QED) is 0.879. The largest absolute Gasteiger partial charge is 0.487 e. The summed E-state index contributed by atoms with van der Waals surface area (Å²) in [4.78, 5) is 4.62. The minimum atomic E-state index is 0.472. The molecule has 110 valence electrons. The molecular formula is C17H19ClN2O. The Morgan fingerprint density at radius 1 is 1.24 bits per heavy atom. The van der Waals surface area contributed by atoms with E-state index in [9.17, 15) is 0 Å². The molecular weight excluding hydrogens is 284 g/mol. The van der Waals surface area contributed by atoms with Gasteiger partial charge in [0.1, 0.15) is 12.4 Å². The Bertz CT molecular complexity index is 626. The first-order chi connectivity index (χ1) is 10.2. The Labute approximate surface area is 130 Å². The average Bonchev–Trinajstić information content (AvgIpc) is 3.29. The van der Waals surface area contributed by atoms with E-state index in [2.05, 4.69) is 10.3 Å². The molecule has 0 spiro atoms. The number of aromatic nitrogens is 1. The van der Waals surface area contributed by atoms with E-state index >= 15 is 0 Å². The highest BCUT2D eigenvalue weighted by molar-refractivity contribution is 6.30. The number of rotatable bonds is 6. The number of ether oxygens (including phenoxy) is 1. The first-order valence-electron chi connectivity index (χ1n) is 7.28. The van der Waals surface area contributed by atoms with Crippen molar-refractivity contribution in [1.29, 1.82) is 0 Å². The summed E-state index contributed by atoms with van der Waals surface area (Å²) in [6.07, 6.45) is 2.58. The zero-order chi connectivity index (χ0) is 14.7. The number of hydrogen-bond donors (Lipinski definition) is 1. The molecule has 3 nitrogen and oxygen atoms in total. The topological polar surface area (TPSA) is 34.1 Å². The zero-order valence-electron chi connectivity index (χ0n) is 12.1. The SMILES string of the molecule is Cc1cc(Cl)ccc1OCc1cccc(CNC2CC2)n1. The summed E-state index contributed by atoms with van der Waals surface area (Å²) in [5.74, 6) is 0.850. The maximum Gasteiger partial charge on any atom is 0.130 e. The number of halogens is 1. The Kier molecular flexibility index (Phi) is 4.42. The van der Waals surface area contributed by atoms with Crippen LogP contribution in [0.25, 0.3) is 0 Å². The van der Waals surface area contributed by atoms with E-state index in [-0.39, 0.29) is 0 Å². The number of nitrogens with zero attached hydrogens (tertiary/aromatic N) is 1. The molecule has 0 amide bonds. The molecule has 1 aromatic carbocycles. The molecule has 0 radical (unpaired) electrons. The molecule has 21 heavy (non-hydrogen) atoms. The van der Waals surface area contributed by atoms with Crippen LogP contribution in [-0.2, 0) is 13.2 Å². The number of nitrogens with one attached hydrogen (secondary N) is 1. The molecule has 1 heterocycles. The fourth-order valence-corrected chi connectivity index (χ4v) is 2.40. The van der Waals surface area contributed by atoms with E-state index in [0.29, 0.717) is 12.6 Å². The Hall–Kier alpha value is -1.58. The lowest BCUT2D eigenvalue weighted by atomic mass is 10.2. The summed E-state index contributed by atoms with van der Waals surface area (Å²) in [6, 6.07) is 12.4. The van der Waals surface area contributed by atoms with Crippen LogP contribution in [0, 0.1) is 6.92 Å². The van der Waals surface area contributed by atoms with Crippen LogP contribution in [0.5, 0.6) is 5.75 Å². The fourth-order valence-electron chi connectivity index (χ4n) is 2.17. The van der Waals surface area contributed by atoms with Gasteiger partial charge in [-0.1, -0.05) is 17.7 Å². The van der Waals surface area contributed by atoms with Crippen LogP contribution in [0.1, 0.15) is 29.8 Å². The third-order valence-corrected chi connectivity index (χ3v) is 3.76. The normalized spacial score (nSPS) is 14.2. The van der Waals surface area contributed by atoms with Gasteiger partial charge in [0.05, 0.1) is 11.4 Å². The van der Waals surface area contributed by atoms with Gasteiger partial charge in [-0.2, -0.15) is 0 Å². The van der Waals surface area contributed by atoms with Crippen molar-refractivity contribution in [2.75, 3.05) is 0 Å². The third kappa shape index (κ3) is 4.19. The van der Waals surface area contributed by atoms with Gasteiger partial charge in [-0.05, 0) is 55.7 Å². The van der Waals surface area contributed by atoms with E-state index in [1.807, 2.05) is 43.3 Å². The minimum Gasteiger partial charge on any atom is -0.487 e. The number of aryl methyl sites for hydroxylation is 1. The Balaban J connectivity index is 1.60. The second-order valence-electron chi connectivity index (χ2n) is 5.47. The van der Waals surface area contributed by atoms with E-state index in [0.717, 1.165) is 34.3 Å². The molecule has 0 bridgehead atoms. The first-order valence-corrected chi connectivity index (χ1v) is 7.65. The van der Waals surface area contributed by atoms with Gasteiger partial charge in [-0.15, -0.1) is 0 Å². The second-order valence-corrected chi connectivity index (χ2v) is 5.91. The van der Waals surface area contributed by atoms with Crippen molar-refractivity contribution in [3.8, 4) is 5.75 Å².